The van der Waals surface area contributed by atoms with Gasteiger partial charge in [0.2, 0.25) is 0 Å². The van der Waals surface area contributed by atoms with E-state index in [0.29, 0.717) is 12.6 Å². The molecule has 0 unspecified atom stereocenters. The SMILES string of the molecule is CN1CCOC[C@H]1CN. The van der Waals surface area contributed by atoms with Crippen LogP contribution in [0.4, 0.5) is 0 Å². The molecule has 0 saturated carbocycles. The summed E-state index contributed by atoms with van der Waals surface area (Å²) >= 11 is 0. The normalized spacial score (nSPS) is 30.7. The van der Waals surface area contributed by atoms with Crippen LogP contribution in [0.25, 0.3) is 0 Å². The number of hydrogen-bond donors (Lipinski definition) is 1. The standard InChI is InChI=1S/C6H14N2O/c1-8-2-3-9-5-6(8)4-7/h6H,2-5,7H2,1H3/t6-/m1/s1. The predicted molar refractivity (Wildman–Crippen MR) is 36.3 cm³/mol. The minimum absolute atomic E-state index is 0.443. The molecule has 1 aliphatic rings. The molecule has 1 fully saturated rings. The maximum absolute atomic E-state index is 5.47. The zero-order chi connectivity index (χ0) is 6.69. The Hall–Kier alpha value is -0.120. The minimum atomic E-state index is 0.443. The first-order valence-electron chi connectivity index (χ1n) is 3.32. The van der Waals surface area contributed by atoms with Gasteiger partial charge < -0.3 is 10.5 Å². The summed E-state index contributed by atoms with van der Waals surface area (Å²) in [5.74, 6) is 0. The van der Waals surface area contributed by atoms with Gasteiger partial charge in [-0.3, -0.25) is 4.90 Å². The molecule has 9 heavy (non-hydrogen) atoms. The highest BCUT2D eigenvalue weighted by Gasteiger charge is 2.16. The molecule has 0 aromatic rings. The Balaban J connectivity index is 2.30. The molecule has 0 amide bonds. The second kappa shape index (κ2) is 3.15. The number of nitrogens with zero attached hydrogens (tertiary/aromatic N) is 1. The van der Waals surface area contributed by atoms with Crippen LogP contribution in [0.15, 0.2) is 0 Å². The maximum Gasteiger partial charge on any atom is 0.0634 e. The van der Waals surface area contributed by atoms with Crippen molar-refractivity contribution in [2.75, 3.05) is 33.4 Å². The second-order valence-corrected chi connectivity index (χ2v) is 2.45. The highest BCUT2D eigenvalue weighted by molar-refractivity contribution is 4.71. The van der Waals surface area contributed by atoms with Crippen molar-refractivity contribution >= 4 is 0 Å². The summed E-state index contributed by atoms with van der Waals surface area (Å²) in [7, 11) is 2.08. The van der Waals surface area contributed by atoms with Crippen LogP contribution >= 0.6 is 0 Å². The third-order valence-corrected chi connectivity index (χ3v) is 1.79. The van der Waals surface area contributed by atoms with Gasteiger partial charge in [-0.25, -0.2) is 0 Å². The summed E-state index contributed by atoms with van der Waals surface area (Å²) < 4.78 is 5.22. The highest BCUT2D eigenvalue weighted by Crippen LogP contribution is 2.00. The minimum Gasteiger partial charge on any atom is -0.378 e. The molecule has 1 rings (SSSR count). The fraction of sp³-hybridized carbons (Fsp3) is 1.00. The summed E-state index contributed by atoms with van der Waals surface area (Å²) in [6, 6.07) is 0.443. The Bertz CT molecular complexity index is 87.1. The van der Waals surface area contributed by atoms with Crippen molar-refractivity contribution in [1.29, 1.82) is 0 Å². The fourth-order valence-corrected chi connectivity index (χ4v) is 0.986. The first-order chi connectivity index (χ1) is 4.34. The van der Waals surface area contributed by atoms with E-state index in [1.165, 1.54) is 0 Å². The average Bonchev–Trinajstić information content (AvgIpc) is 1.89. The molecular weight excluding hydrogens is 116 g/mol. The lowest BCUT2D eigenvalue weighted by Gasteiger charge is -2.31. The molecule has 3 heteroatoms. The first kappa shape index (κ1) is 6.99. The van der Waals surface area contributed by atoms with E-state index in [4.69, 9.17) is 10.5 Å². The molecule has 0 spiro atoms. The van der Waals surface area contributed by atoms with Gasteiger partial charge in [-0.15, -0.1) is 0 Å². The van der Waals surface area contributed by atoms with Crippen LogP contribution in [0.5, 0.6) is 0 Å². The number of ether oxygens (including phenoxy) is 1. The fourth-order valence-electron chi connectivity index (χ4n) is 0.986. The van der Waals surface area contributed by atoms with Crippen LogP contribution in [0.3, 0.4) is 0 Å². The number of rotatable bonds is 1. The van der Waals surface area contributed by atoms with Crippen LogP contribution < -0.4 is 5.73 Å². The monoisotopic (exact) mass is 130 g/mol. The first-order valence-corrected chi connectivity index (χ1v) is 3.32. The average molecular weight is 130 g/mol. The molecule has 0 bridgehead atoms. The molecule has 54 valence electrons. The van der Waals surface area contributed by atoms with Crippen LogP contribution in [-0.2, 0) is 4.74 Å². The highest BCUT2D eigenvalue weighted by atomic mass is 16.5. The molecule has 0 aromatic heterocycles. The van der Waals surface area contributed by atoms with Crippen LogP contribution in [0.2, 0.25) is 0 Å². The van der Waals surface area contributed by atoms with Crippen molar-refractivity contribution in [3.05, 3.63) is 0 Å². The van der Waals surface area contributed by atoms with Gasteiger partial charge in [0.25, 0.3) is 0 Å². The molecule has 0 aliphatic carbocycles. The molecule has 1 saturated heterocycles. The van der Waals surface area contributed by atoms with Crippen molar-refractivity contribution in [2.45, 2.75) is 6.04 Å². The molecule has 1 heterocycles. The Labute approximate surface area is 55.8 Å². The zero-order valence-electron chi connectivity index (χ0n) is 5.84. The summed E-state index contributed by atoms with van der Waals surface area (Å²) in [6.45, 7) is 3.37. The summed E-state index contributed by atoms with van der Waals surface area (Å²) in [5, 5.41) is 0. The van der Waals surface area contributed by atoms with Gasteiger partial charge in [-0.05, 0) is 7.05 Å². The number of hydrogen-bond acceptors (Lipinski definition) is 3. The van der Waals surface area contributed by atoms with E-state index in [0.717, 1.165) is 19.8 Å². The van der Waals surface area contributed by atoms with Crippen molar-refractivity contribution in [2.24, 2.45) is 5.73 Å². The Kier molecular flexibility index (Phi) is 2.45. The largest absolute Gasteiger partial charge is 0.378 e. The maximum atomic E-state index is 5.47. The molecule has 3 nitrogen and oxygen atoms in total. The molecule has 0 radical (unpaired) electrons. The summed E-state index contributed by atoms with van der Waals surface area (Å²) in [6.07, 6.45) is 0. The summed E-state index contributed by atoms with van der Waals surface area (Å²) in [4.78, 5) is 2.24. The topological polar surface area (TPSA) is 38.5 Å². The van der Waals surface area contributed by atoms with Gasteiger partial charge in [-0.1, -0.05) is 0 Å². The summed E-state index contributed by atoms with van der Waals surface area (Å²) in [5.41, 5.74) is 5.47. The second-order valence-electron chi connectivity index (χ2n) is 2.45. The van der Waals surface area contributed by atoms with Crippen LogP contribution in [-0.4, -0.2) is 44.3 Å². The molecule has 0 aromatic carbocycles. The lowest BCUT2D eigenvalue weighted by molar-refractivity contribution is 0.00948. The quantitative estimate of drug-likeness (QED) is 0.509. The van der Waals surface area contributed by atoms with E-state index < -0.39 is 0 Å². The van der Waals surface area contributed by atoms with E-state index in [-0.39, 0.29) is 0 Å². The number of morpholine rings is 1. The lowest BCUT2D eigenvalue weighted by Crippen LogP contribution is -2.46. The van der Waals surface area contributed by atoms with Gasteiger partial charge in [-0.2, -0.15) is 0 Å². The predicted octanol–water partition coefficient (Wildman–Crippen LogP) is -0.724. The van der Waals surface area contributed by atoms with E-state index in [2.05, 4.69) is 11.9 Å². The van der Waals surface area contributed by atoms with E-state index in [1.54, 1.807) is 0 Å². The van der Waals surface area contributed by atoms with E-state index >= 15 is 0 Å². The van der Waals surface area contributed by atoms with Crippen molar-refractivity contribution in [3.63, 3.8) is 0 Å². The van der Waals surface area contributed by atoms with E-state index in [1.807, 2.05) is 0 Å². The van der Waals surface area contributed by atoms with Gasteiger partial charge in [0.05, 0.1) is 13.2 Å². The third kappa shape index (κ3) is 1.64. The van der Waals surface area contributed by atoms with E-state index in [9.17, 15) is 0 Å². The van der Waals surface area contributed by atoms with Crippen molar-refractivity contribution < 1.29 is 4.74 Å². The van der Waals surface area contributed by atoms with Gasteiger partial charge >= 0.3 is 0 Å². The number of likely N-dealkylation sites (N-methyl/N-ethyl adjacent to an activating group) is 1. The van der Waals surface area contributed by atoms with Gasteiger partial charge in [0.1, 0.15) is 0 Å². The zero-order valence-corrected chi connectivity index (χ0v) is 5.84. The van der Waals surface area contributed by atoms with Gasteiger partial charge in [0, 0.05) is 19.1 Å². The lowest BCUT2D eigenvalue weighted by atomic mass is 10.2. The Morgan fingerprint density at radius 1 is 1.78 bits per heavy atom. The molecule has 1 atom stereocenters. The van der Waals surface area contributed by atoms with Gasteiger partial charge in [0.15, 0.2) is 0 Å². The third-order valence-electron chi connectivity index (χ3n) is 1.79. The molecule has 1 aliphatic heterocycles. The molecular formula is C6H14N2O. The van der Waals surface area contributed by atoms with Crippen LogP contribution in [0, 0.1) is 0 Å². The Morgan fingerprint density at radius 2 is 2.56 bits per heavy atom. The smallest absolute Gasteiger partial charge is 0.0634 e. The Morgan fingerprint density at radius 3 is 3.00 bits per heavy atom. The van der Waals surface area contributed by atoms with Crippen molar-refractivity contribution in [1.82, 2.24) is 4.90 Å². The van der Waals surface area contributed by atoms with Crippen molar-refractivity contribution in [3.8, 4) is 0 Å². The number of nitrogens with two attached hydrogens (primary N) is 1. The van der Waals surface area contributed by atoms with Crippen LogP contribution in [0.1, 0.15) is 0 Å². The molecule has 2 N–H and O–H groups in total.